The van der Waals surface area contributed by atoms with Crippen LogP contribution in [0.5, 0.6) is 0 Å². The largest absolute Gasteiger partial charge is 0.306 e. The molecule has 1 N–H and O–H groups in total. The van der Waals surface area contributed by atoms with Crippen molar-refractivity contribution in [1.82, 2.24) is 5.32 Å². The Morgan fingerprint density at radius 1 is 1.11 bits per heavy atom. The molecule has 0 aliphatic rings. The van der Waals surface area contributed by atoms with Gasteiger partial charge in [-0.3, -0.25) is 0 Å². The average Bonchev–Trinajstić information content (AvgIpc) is 2.42. The number of nitrogens with one attached hydrogen (secondary N) is 1. The molecule has 0 amide bonds. The Labute approximate surface area is 120 Å². The normalized spacial score (nSPS) is 12.4. The molecule has 0 aliphatic carbocycles. The molecule has 1 nitrogen and oxygen atoms in total. The zero-order valence-corrected chi connectivity index (χ0v) is 12.2. The maximum atomic E-state index is 6.05. The van der Waals surface area contributed by atoms with Crippen LogP contribution in [-0.2, 0) is 0 Å². The van der Waals surface area contributed by atoms with Gasteiger partial charge in [-0.25, -0.2) is 0 Å². The van der Waals surface area contributed by atoms with Crippen LogP contribution in [0, 0.1) is 6.92 Å². The van der Waals surface area contributed by atoms with Crippen LogP contribution in [-0.4, -0.2) is 6.54 Å². The van der Waals surface area contributed by atoms with Crippen molar-refractivity contribution >= 4 is 11.6 Å². The van der Waals surface area contributed by atoms with E-state index in [4.69, 9.17) is 11.6 Å². The zero-order valence-electron chi connectivity index (χ0n) is 11.5. The first-order valence-corrected chi connectivity index (χ1v) is 7.14. The summed E-state index contributed by atoms with van der Waals surface area (Å²) in [6.45, 7) is 5.30. The molecule has 0 aliphatic heterocycles. The SMILES string of the molecule is CCCNC(c1ccccc1)c1ccc(Cl)cc1C. The second-order valence-corrected chi connectivity index (χ2v) is 5.24. The van der Waals surface area contributed by atoms with Crippen LogP contribution in [0.3, 0.4) is 0 Å². The van der Waals surface area contributed by atoms with Gasteiger partial charge < -0.3 is 5.32 Å². The molecule has 19 heavy (non-hydrogen) atoms. The minimum atomic E-state index is 0.235. The van der Waals surface area contributed by atoms with E-state index < -0.39 is 0 Å². The molecule has 0 radical (unpaired) electrons. The molecule has 100 valence electrons. The van der Waals surface area contributed by atoms with Gasteiger partial charge in [-0.05, 0) is 48.7 Å². The van der Waals surface area contributed by atoms with Gasteiger partial charge in [0, 0.05) is 5.02 Å². The summed E-state index contributed by atoms with van der Waals surface area (Å²) in [5.41, 5.74) is 3.82. The van der Waals surface area contributed by atoms with Crippen molar-refractivity contribution in [3.8, 4) is 0 Å². The molecule has 0 spiro atoms. The minimum absolute atomic E-state index is 0.235. The number of aryl methyl sites for hydroxylation is 1. The third kappa shape index (κ3) is 3.59. The molecule has 0 heterocycles. The van der Waals surface area contributed by atoms with Crippen molar-refractivity contribution in [2.24, 2.45) is 0 Å². The van der Waals surface area contributed by atoms with Gasteiger partial charge in [0.05, 0.1) is 6.04 Å². The molecule has 2 aromatic rings. The van der Waals surface area contributed by atoms with Crippen LogP contribution in [0.1, 0.15) is 36.1 Å². The molecule has 2 aromatic carbocycles. The lowest BCUT2D eigenvalue weighted by atomic mass is 9.95. The summed E-state index contributed by atoms with van der Waals surface area (Å²) in [5.74, 6) is 0. The fraction of sp³-hybridized carbons (Fsp3) is 0.294. The molecule has 0 aromatic heterocycles. The summed E-state index contributed by atoms with van der Waals surface area (Å²) in [7, 11) is 0. The summed E-state index contributed by atoms with van der Waals surface area (Å²) in [6.07, 6.45) is 1.12. The lowest BCUT2D eigenvalue weighted by Gasteiger charge is -2.21. The van der Waals surface area contributed by atoms with E-state index in [-0.39, 0.29) is 6.04 Å². The first kappa shape index (κ1) is 14.1. The fourth-order valence-electron chi connectivity index (χ4n) is 2.30. The standard InChI is InChI=1S/C17H20ClN/c1-3-11-19-17(14-7-5-4-6-8-14)16-10-9-15(18)12-13(16)2/h4-10,12,17,19H,3,11H2,1-2H3. The zero-order chi connectivity index (χ0) is 13.7. The number of hydrogen-bond donors (Lipinski definition) is 1. The van der Waals surface area contributed by atoms with Gasteiger partial charge in [0.2, 0.25) is 0 Å². The van der Waals surface area contributed by atoms with Crippen LogP contribution in [0.4, 0.5) is 0 Å². The Morgan fingerprint density at radius 3 is 2.47 bits per heavy atom. The maximum absolute atomic E-state index is 6.05. The van der Waals surface area contributed by atoms with Crippen molar-refractivity contribution in [3.05, 3.63) is 70.2 Å². The van der Waals surface area contributed by atoms with E-state index in [0.29, 0.717) is 0 Å². The smallest absolute Gasteiger partial charge is 0.0579 e. The van der Waals surface area contributed by atoms with E-state index in [1.807, 2.05) is 12.1 Å². The molecule has 0 saturated carbocycles. The Kier molecular flexibility index (Phi) is 5.00. The highest BCUT2D eigenvalue weighted by Crippen LogP contribution is 2.26. The van der Waals surface area contributed by atoms with Gasteiger partial charge in [-0.15, -0.1) is 0 Å². The highest BCUT2D eigenvalue weighted by atomic mass is 35.5. The number of rotatable bonds is 5. The summed E-state index contributed by atoms with van der Waals surface area (Å²) < 4.78 is 0. The Bertz CT molecular complexity index is 522. The molecule has 1 unspecified atom stereocenters. The van der Waals surface area contributed by atoms with Crippen LogP contribution < -0.4 is 5.32 Å². The first-order valence-electron chi connectivity index (χ1n) is 6.76. The van der Waals surface area contributed by atoms with Crippen molar-refractivity contribution < 1.29 is 0 Å². The van der Waals surface area contributed by atoms with Gasteiger partial charge in [0.1, 0.15) is 0 Å². The summed E-state index contributed by atoms with van der Waals surface area (Å²) >= 11 is 6.05. The van der Waals surface area contributed by atoms with E-state index in [0.717, 1.165) is 18.0 Å². The minimum Gasteiger partial charge on any atom is -0.306 e. The molecule has 2 rings (SSSR count). The monoisotopic (exact) mass is 273 g/mol. The fourth-order valence-corrected chi connectivity index (χ4v) is 2.53. The summed E-state index contributed by atoms with van der Waals surface area (Å²) in [4.78, 5) is 0. The Balaban J connectivity index is 2.37. The first-order chi connectivity index (χ1) is 9.22. The molecule has 2 heteroatoms. The third-order valence-corrected chi connectivity index (χ3v) is 3.51. The molecule has 1 atom stereocenters. The van der Waals surface area contributed by atoms with Crippen LogP contribution >= 0.6 is 11.6 Å². The predicted molar refractivity (Wildman–Crippen MR) is 82.8 cm³/mol. The lowest BCUT2D eigenvalue weighted by Crippen LogP contribution is -2.23. The van der Waals surface area contributed by atoms with Gasteiger partial charge in [-0.2, -0.15) is 0 Å². The molecule has 0 fully saturated rings. The molecule has 0 bridgehead atoms. The highest BCUT2D eigenvalue weighted by molar-refractivity contribution is 6.30. The van der Waals surface area contributed by atoms with Gasteiger partial charge in [0.25, 0.3) is 0 Å². The number of benzene rings is 2. The van der Waals surface area contributed by atoms with Crippen molar-refractivity contribution in [3.63, 3.8) is 0 Å². The van der Waals surface area contributed by atoms with Crippen molar-refractivity contribution in [1.29, 1.82) is 0 Å². The second-order valence-electron chi connectivity index (χ2n) is 4.80. The highest BCUT2D eigenvalue weighted by Gasteiger charge is 2.15. The van der Waals surface area contributed by atoms with Gasteiger partial charge in [-0.1, -0.05) is 54.9 Å². The summed E-state index contributed by atoms with van der Waals surface area (Å²) in [5, 5.41) is 4.41. The topological polar surface area (TPSA) is 12.0 Å². The predicted octanol–water partition coefficient (Wildman–Crippen LogP) is 4.74. The van der Waals surface area contributed by atoms with E-state index in [1.165, 1.54) is 16.7 Å². The Morgan fingerprint density at radius 2 is 1.84 bits per heavy atom. The van der Waals surface area contributed by atoms with Crippen LogP contribution in [0.2, 0.25) is 5.02 Å². The van der Waals surface area contributed by atoms with Crippen molar-refractivity contribution in [2.75, 3.05) is 6.54 Å². The molecule has 0 saturated heterocycles. The second kappa shape index (κ2) is 6.74. The lowest BCUT2D eigenvalue weighted by molar-refractivity contribution is 0.596. The molecular weight excluding hydrogens is 254 g/mol. The quantitative estimate of drug-likeness (QED) is 0.830. The summed E-state index contributed by atoms with van der Waals surface area (Å²) in [6, 6.07) is 16.9. The van der Waals surface area contributed by atoms with Crippen LogP contribution in [0.25, 0.3) is 0 Å². The number of hydrogen-bond acceptors (Lipinski definition) is 1. The third-order valence-electron chi connectivity index (χ3n) is 3.27. The van der Waals surface area contributed by atoms with E-state index in [9.17, 15) is 0 Å². The van der Waals surface area contributed by atoms with Gasteiger partial charge >= 0.3 is 0 Å². The van der Waals surface area contributed by atoms with Crippen molar-refractivity contribution in [2.45, 2.75) is 26.3 Å². The Hall–Kier alpha value is -1.31. The maximum Gasteiger partial charge on any atom is 0.0579 e. The van der Waals surface area contributed by atoms with E-state index in [2.05, 4.69) is 55.6 Å². The number of halogens is 1. The molecular formula is C17H20ClN. The van der Waals surface area contributed by atoms with Gasteiger partial charge in [0.15, 0.2) is 0 Å². The van der Waals surface area contributed by atoms with E-state index >= 15 is 0 Å². The van der Waals surface area contributed by atoms with Crippen LogP contribution in [0.15, 0.2) is 48.5 Å². The average molecular weight is 274 g/mol. The van der Waals surface area contributed by atoms with E-state index in [1.54, 1.807) is 0 Å².